The van der Waals surface area contributed by atoms with Crippen molar-refractivity contribution < 1.29 is 9.59 Å². The molecular formula is C22H41N3O2. The topological polar surface area (TPSA) is 43.9 Å². The number of likely N-dealkylation sites (tertiary alicyclic amines) is 1. The van der Waals surface area contributed by atoms with Crippen molar-refractivity contribution in [2.45, 2.75) is 79.3 Å². The van der Waals surface area contributed by atoms with Crippen LogP contribution in [0, 0.1) is 11.3 Å². The molecule has 0 spiro atoms. The summed E-state index contributed by atoms with van der Waals surface area (Å²) in [6.07, 6.45) is 1.93. The molecule has 0 N–H and O–H groups in total. The second-order valence-corrected chi connectivity index (χ2v) is 10.9. The lowest BCUT2D eigenvalue weighted by Gasteiger charge is -2.46. The number of Topliss-reactive ketones (excluding diaryl/α,β-unsaturated/α-hetero) is 1. The van der Waals surface area contributed by atoms with E-state index in [0.29, 0.717) is 5.91 Å². The normalized spacial score (nSPS) is 22.1. The SMILES string of the molecule is CC(C)(C)C(=O)C(C)(C)N1CCN(C(=O)C2CCN(C(C)(C)C)CC2)CC1. The van der Waals surface area contributed by atoms with Gasteiger partial charge in [0.05, 0.1) is 5.54 Å². The van der Waals surface area contributed by atoms with Crippen LogP contribution < -0.4 is 0 Å². The van der Waals surface area contributed by atoms with Crippen LogP contribution in [0.3, 0.4) is 0 Å². The number of carbonyl (C=O) groups excluding carboxylic acids is 2. The zero-order valence-corrected chi connectivity index (χ0v) is 18.9. The van der Waals surface area contributed by atoms with E-state index in [2.05, 4.69) is 30.6 Å². The molecule has 5 nitrogen and oxygen atoms in total. The highest BCUT2D eigenvalue weighted by atomic mass is 16.2. The van der Waals surface area contributed by atoms with Gasteiger partial charge in [0.15, 0.2) is 5.78 Å². The van der Waals surface area contributed by atoms with Gasteiger partial charge >= 0.3 is 0 Å². The first kappa shape index (κ1) is 22.4. The largest absolute Gasteiger partial charge is 0.340 e. The van der Waals surface area contributed by atoms with E-state index in [1.165, 1.54) is 0 Å². The summed E-state index contributed by atoms with van der Waals surface area (Å²) in [5.74, 6) is 0.756. The summed E-state index contributed by atoms with van der Waals surface area (Å²) in [6.45, 7) is 21.8. The molecule has 2 aliphatic heterocycles. The van der Waals surface area contributed by atoms with Crippen LogP contribution in [0.25, 0.3) is 0 Å². The quantitative estimate of drug-likeness (QED) is 0.756. The van der Waals surface area contributed by atoms with Crippen LogP contribution in [-0.4, -0.2) is 76.7 Å². The highest BCUT2D eigenvalue weighted by molar-refractivity contribution is 5.92. The average molecular weight is 380 g/mol. The fourth-order valence-corrected chi connectivity index (χ4v) is 4.60. The molecular weight excluding hydrogens is 338 g/mol. The van der Waals surface area contributed by atoms with Crippen LogP contribution in [0.5, 0.6) is 0 Å². The van der Waals surface area contributed by atoms with Gasteiger partial charge in [-0.25, -0.2) is 0 Å². The van der Waals surface area contributed by atoms with Gasteiger partial charge in [-0.3, -0.25) is 19.4 Å². The Balaban J connectivity index is 1.89. The second-order valence-electron chi connectivity index (χ2n) is 10.9. The Hall–Kier alpha value is -0.940. The first-order valence-electron chi connectivity index (χ1n) is 10.6. The van der Waals surface area contributed by atoms with Crippen LogP contribution in [0.15, 0.2) is 0 Å². The van der Waals surface area contributed by atoms with Crippen molar-refractivity contribution in [1.29, 1.82) is 0 Å². The molecule has 0 unspecified atom stereocenters. The standard InChI is InChI=1S/C22H41N3O2/c1-20(2,3)19(27)22(7,8)25-15-13-23(14-16-25)18(26)17-9-11-24(12-10-17)21(4,5)6/h17H,9-16H2,1-8H3. The van der Waals surface area contributed by atoms with Crippen molar-refractivity contribution >= 4 is 11.7 Å². The number of hydrogen-bond donors (Lipinski definition) is 0. The maximum Gasteiger partial charge on any atom is 0.225 e. The minimum Gasteiger partial charge on any atom is -0.340 e. The number of hydrogen-bond acceptors (Lipinski definition) is 4. The van der Waals surface area contributed by atoms with Gasteiger partial charge in [-0.2, -0.15) is 0 Å². The molecule has 0 atom stereocenters. The number of carbonyl (C=O) groups is 2. The van der Waals surface area contributed by atoms with E-state index in [-0.39, 0.29) is 22.7 Å². The Morgan fingerprint density at radius 3 is 1.59 bits per heavy atom. The van der Waals surface area contributed by atoms with Crippen LogP contribution in [0.2, 0.25) is 0 Å². The third kappa shape index (κ3) is 5.11. The summed E-state index contributed by atoms with van der Waals surface area (Å²) in [5.41, 5.74) is -0.645. The van der Waals surface area contributed by atoms with Gasteiger partial charge in [-0.15, -0.1) is 0 Å². The van der Waals surface area contributed by atoms with Gasteiger partial charge in [0.2, 0.25) is 5.91 Å². The third-order valence-corrected chi connectivity index (χ3v) is 6.41. The summed E-state index contributed by atoms with van der Waals surface area (Å²) in [5, 5.41) is 0. The smallest absolute Gasteiger partial charge is 0.225 e. The van der Waals surface area contributed by atoms with Crippen molar-refractivity contribution in [2.75, 3.05) is 39.3 Å². The molecule has 0 bridgehead atoms. The maximum absolute atomic E-state index is 13.0. The van der Waals surface area contributed by atoms with Crippen molar-refractivity contribution in [2.24, 2.45) is 11.3 Å². The van der Waals surface area contributed by atoms with Gasteiger partial charge in [0.25, 0.3) is 0 Å². The lowest BCUT2D eigenvalue weighted by atomic mass is 9.79. The number of piperidine rings is 1. The van der Waals surface area contributed by atoms with Crippen molar-refractivity contribution in [1.82, 2.24) is 14.7 Å². The molecule has 156 valence electrons. The van der Waals surface area contributed by atoms with Gasteiger partial charge in [-0.1, -0.05) is 20.8 Å². The van der Waals surface area contributed by atoms with Gasteiger partial charge in [0.1, 0.15) is 0 Å². The Morgan fingerprint density at radius 2 is 1.19 bits per heavy atom. The first-order chi connectivity index (χ1) is 12.2. The Labute approximate surface area is 166 Å². The van der Waals surface area contributed by atoms with Crippen molar-refractivity contribution in [3.05, 3.63) is 0 Å². The van der Waals surface area contributed by atoms with E-state index in [0.717, 1.165) is 52.1 Å². The summed E-state index contributed by atoms with van der Waals surface area (Å²) in [4.78, 5) is 32.6. The molecule has 0 aromatic carbocycles. The second kappa shape index (κ2) is 7.82. The molecule has 0 aromatic heterocycles. The molecule has 0 aromatic rings. The molecule has 1 amide bonds. The molecule has 27 heavy (non-hydrogen) atoms. The molecule has 5 heteroatoms. The number of piperazine rings is 1. The molecule has 0 saturated carbocycles. The highest BCUT2D eigenvalue weighted by Gasteiger charge is 2.42. The Kier molecular flexibility index (Phi) is 6.48. The molecule has 0 aliphatic carbocycles. The predicted octanol–water partition coefficient (Wildman–Crippen LogP) is 3.03. The van der Waals surface area contributed by atoms with Crippen molar-refractivity contribution in [3.8, 4) is 0 Å². The van der Waals surface area contributed by atoms with E-state index in [4.69, 9.17) is 0 Å². The molecule has 2 rings (SSSR count). The summed E-state index contributed by atoms with van der Waals surface area (Å²) in [6, 6.07) is 0. The molecule has 2 saturated heterocycles. The van der Waals surface area contributed by atoms with Crippen LogP contribution in [-0.2, 0) is 9.59 Å². The van der Waals surface area contributed by atoms with Gasteiger partial charge in [-0.05, 0) is 60.5 Å². The fraction of sp³-hybridized carbons (Fsp3) is 0.909. The number of amides is 1. The van der Waals surface area contributed by atoms with Gasteiger partial charge in [0, 0.05) is 43.1 Å². The minimum absolute atomic E-state index is 0.166. The van der Waals surface area contributed by atoms with E-state index < -0.39 is 5.54 Å². The van der Waals surface area contributed by atoms with E-state index >= 15 is 0 Å². The summed E-state index contributed by atoms with van der Waals surface area (Å²) in [7, 11) is 0. The molecule has 2 heterocycles. The average Bonchev–Trinajstić information content (AvgIpc) is 2.59. The predicted molar refractivity (Wildman–Crippen MR) is 111 cm³/mol. The Morgan fingerprint density at radius 1 is 0.704 bits per heavy atom. The third-order valence-electron chi connectivity index (χ3n) is 6.41. The van der Waals surface area contributed by atoms with Crippen molar-refractivity contribution in [3.63, 3.8) is 0 Å². The monoisotopic (exact) mass is 379 g/mol. The van der Waals surface area contributed by atoms with Crippen LogP contribution in [0.4, 0.5) is 0 Å². The lowest BCUT2D eigenvalue weighted by molar-refractivity contribution is -0.143. The van der Waals surface area contributed by atoms with E-state index in [9.17, 15) is 9.59 Å². The fourth-order valence-electron chi connectivity index (χ4n) is 4.60. The molecule has 2 aliphatic rings. The molecule has 2 fully saturated rings. The molecule has 0 radical (unpaired) electrons. The van der Waals surface area contributed by atoms with E-state index in [1.54, 1.807) is 0 Å². The summed E-state index contributed by atoms with van der Waals surface area (Å²) < 4.78 is 0. The number of rotatable bonds is 3. The highest BCUT2D eigenvalue weighted by Crippen LogP contribution is 2.29. The number of ketones is 1. The summed E-state index contributed by atoms with van der Waals surface area (Å²) >= 11 is 0. The van der Waals surface area contributed by atoms with Crippen LogP contribution >= 0.6 is 0 Å². The Bertz CT molecular complexity index is 541. The number of nitrogens with zero attached hydrogens (tertiary/aromatic N) is 3. The lowest BCUT2D eigenvalue weighted by Crippen LogP contribution is -2.61. The van der Waals surface area contributed by atoms with E-state index in [1.807, 2.05) is 39.5 Å². The zero-order chi connectivity index (χ0) is 20.6. The first-order valence-corrected chi connectivity index (χ1v) is 10.6. The zero-order valence-electron chi connectivity index (χ0n) is 18.9. The maximum atomic E-state index is 13.0. The minimum atomic E-state index is -0.481. The van der Waals surface area contributed by atoms with Gasteiger partial charge < -0.3 is 4.90 Å². The van der Waals surface area contributed by atoms with Crippen LogP contribution in [0.1, 0.15) is 68.2 Å².